The van der Waals surface area contributed by atoms with Crippen LogP contribution in [0.3, 0.4) is 0 Å². The lowest BCUT2D eigenvalue weighted by molar-refractivity contribution is -0.124. The fourth-order valence-electron chi connectivity index (χ4n) is 2.22. The van der Waals surface area contributed by atoms with Crippen molar-refractivity contribution in [3.05, 3.63) is 34.4 Å². The Hall–Kier alpha value is -1.43. The summed E-state index contributed by atoms with van der Waals surface area (Å²) in [7, 11) is 0. The Balaban J connectivity index is 3.27. The maximum atomic E-state index is 13.9. The minimum absolute atomic E-state index is 0.126. The van der Waals surface area contributed by atoms with Gasteiger partial charge in [-0.15, -0.1) is 0 Å². The second-order valence-electron chi connectivity index (χ2n) is 5.99. The van der Waals surface area contributed by atoms with E-state index in [1.807, 2.05) is 0 Å². The molecule has 0 spiro atoms. The average Bonchev–Trinajstić information content (AvgIpc) is 2.45. The van der Waals surface area contributed by atoms with Crippen molar-refractivity contribution in [2.75, 3.05) is 0 Å². The molecule has 1 unspecified atom stereocenters. The summed E-state index contributed by atoms with van der Waals surface area (Å²) in [5, 5.41) is 2.89. The Bertz CT molecular complexity index is 541. The highest BCUT2D eigenvalue weighted by Gasteiger charge is 2.29. The zero-order valence-corrected chi connectivity index (χ0v) is 13.4. The van der Waals surface area contributed by atoms with Crippen molar-refractivity contribution in [2.45, 2.75) is 53.1 Å². The molecular weight excluding hydrogens is 298 g/mol. The number of rotatable bonds is 6. The lowest BCUT2D eigenvalue weighted by Gasteiger charge is -2.23. The Morgan fingerprint density at radius 1 is 0.955 bits per heavy atom. The van der Waals surface area contributed by atoms with Gasteiger partial charge >= 0.3 is 0 Å². The molecule has 0 saturated heterocycles. The van der Waals surface area contributed by atoms with Crippen molar-refractivity contribution in [1.82, 2.24) is 5.32 Å². The molecule has 0 saturated carbocycles. The van der Waals surface area contributed by atoms with Gasteiger partial charge in [-0.05, 0) is 6.92 Å². The van der Waals surface area contributed by atoms with E-state index in [1.165, 1.54) is 0 Å². The van der Waals surface area contributed by atoms with E-state index < -0.39 is 46.9 Å². The number of carbonyl (C=O) groups excluding carboxylic acids is 1. The second-order valence-corrected chi connectivity index (χ2v) is 5.99. The molecule has 0 bridgehead atoms. The zero-order chi connectivity index (χ0) is 17.2. The van der Waals surface area contributed by atoms with Gasteiger partial charge in [0.05, 0.1) is 6.04 Å². The Morgan fingerprint density at radius 2 is 1.41 bits per heavy atom. The van der Waals surface area contributed by atoms with Gasteiger partial charge in [0.25, 0.3) is 0 Å². The van der Waals surface area contributed by atoms with Crippen molar-refractivity contribution < 1.29 is 22.4 Å². The molecule has 1 aromatic rings. The molecule has 6 heteroatoms. The fraction of sp³-hybridized carbons (Fsp3) is 0.562. The van der Waals surface area contributed by atoms with Gasteiger partial charge in [0.1, 0.15) is 0 Å². The van der Waals surface area contributed by atoms with Gasteiger partial charge in [-0.2, -0.15) is 0 Å². The molecular formula is C16H21F4NO. The second kappa shape index (κ2) is 7.22. The monoisotopic (exact) mass is 319 g/mol. The molecule has 1 aromatic carbocycles. The van der Waals surface area contributed by atoms with Crippen molar-refractivity contribution in [1.29, 1.82) is 0 Å². The number of halogens is 4. The van der Waals surface area contributed by atoms with E-state index in [4.69, 9.17) is 0 Å². The van der Waals surface area contributed by atoms with E-state index >= 15 is 0 Å². The molecule has 22 heavy (non-hydrogen) atoms. The third kappa shape index (κ3) is 3.85. The van der Waals surface area contributed by atoms with E-state index in [0.29, 0.717) is 0 Å². The van der Waals surface area contributed by atoms with Crippen LogP contribution in [0.5, 0.6) is 0 Å². The van der Waals surface area contributed by atoms with Gasteiger partial charge in [-0.1, -0.05) is 27.7 Å². The van der Waals surface area contributed by atoms with Crippen molar-refractivity contribution >= 4 is 5.78 Å². The van der Waals surface area contributed by atoms with Gasteiger partial charge in [0.2, 0.25) is 0 Å². The van der Waals surface area contributed by atoms with E-state index in [0.717, 1.165) is 6.92 Å². The normalized spacial score (nSPS) is 13.0. The molecule has 2 nitrogen and oxygen atoms in total. The quantitative estimate of drug-likeness (QED) is 0.640. The summed E-state index contributed by atoms with van der Waals surface area (Å²) in [4.78, 5) is 12.1. The van der Waals surface area contributed by atoms with E-state index in [-0.39, 0.29) is 17.7 Å². The van der Waals surface area contributed by atoms with E-state index in [1.54, 1.807) is 27.7 Å². The highest BCUT2D eigenvalue weighted by molar-refractivity contribution is 5.86. The maximum absolute atomic E-state index is 13.9. The van der Waals surface area contributed by atoms with Gasteiger partial charge in [0.15, 0.2) is 29.1 Å². The number of Topliss-reactive ketones (excluding diaryl/α,β-unsaturated/α-hetero) is 1. The molecule has 1 rings (SSSR count). The van der Waals surface area contributed by atoms with Crippen LogP contribution >= 0.6 is 0 Å². The van der Waals surface area contributed by atoms with Crippen LogP contribution in [-0.2, 0) is 11.2 Å². The first-order valence-electron chi connectivity index (χ1n) is 7.19. The number of nitrogens with one attached hydrogen (secondary N) is 1. The molecule has 0 fully saturated rings. The van der Waals surface area contributed by atoms with Gasteiger partial charge in [-0.25, -0.2) is 17.6 Å². The smallest absolute Gasteiger partial charge is 0.165 e. The fourth-order valence-corrected chi connectivity index (χ4v) is 2.22. The van der Waals surface area contributed by atoms with Gasteiger partial charge < -0.3 is 5.32 Å². The Labute approximate surface area is 127 Å². The SMILES string of the molecule is Cc1c(F)c(F)c(CC(NC(C)C)C(=O)C(C)C)c(F)c1F. The highest BCUT2D eigenvalue weighted by atomic mass is 19.2. The Morgan fingerprint density at radius 3 is 1.77 bits per heavy atom. The summed E-state index contributed by atoms with van der Waals surface area (Å²) in [5.41, 5.74) is -1.45. The molecule has 0 aliphatic carbocycles. The van der Waals surface area contributed by atoms with Crippen LogP contribution in [-0.4, -0.2) is 17.9 Å². The third-order valence-corrected chi connectivity index (χ3v) is 3.43. The standard InChI is InChI=1S/C16H21F4NO/c1-7(2)16(22)11(21-8(3)4)6-10-14(19)12(17)9(5)13(18)15(10)20/h7-8,11,21H,6H2,1-5H3. The predicted octanol–water partition coefficient (Wildman–Crippen LogP) is 3.69. The van der Waals surface area contributed by atoms with E-state index in [9.17, 15) is 22.4 Å². The minimum atomic E-state index is -1.44. The summed E-state index contributed by atoms with van der Waals surface area (Å²) in [5.74, 6) is -6.37. The first-order chi connectivity index (χ1) is 10.1. The van der Waals surface area contributed by atoms with Crippen LogP contribution in [0.1, 0.15) is 38.8 Å². The van der Waals surface area contributed by atoms with Crippen molar-refractivity contribution in [2.24, 2.45) is 5.92 Å². The predicted molar refractivity (Wildman–Crippen MR) is 76.6 cm³/mol. The third-order valence-electron chi connectivity index (χ3n) is 3.43. The molecule has 0 radical (unpaired) electrons. The van der Waals surface area contributed by atoms with Gasteiger partial charge in [-0.3, -0.25) is 4.79 Å². The summed E-state index contributed by atoms with van der Waals surface area (Å²) in [6.45, 7) is 7.80. The van der Waals surface area contributed by atoms with Crippen molar-refractivity contribution in [3.63, 3.8) is 0 Å². The largest absolute Gasteiger partial charge is 0.305 e. The average molecular weight is 319 g/mol. The number of ketones is 1. The van der Waals surface area contributed by atoms with Crippen LogP contribution in [0.15, 0.2) is 0 Å². The van der Waals surface area contributed by atoms with Crippen LogP contribution in [0.4, 0.5) is 17.6 Å². The lowest BCUT2D eigenvalue weighted by atomic mass is 9.94. The summed E-state index contributed by atoms with van der Waals surface area (Å²) in [6, 6.07) is -1.04. The van der Waals surface area contributed by atoms with E-state index in [2.05, 4.69) is 5.32 Å². The van der Waals surface area contributed by atoms with Crippen LogP contribution in [0.25, 0.3) is 0 Å². The van der Waals surface area contributed by atoms with Crippen LogP contribution in [0, 0.1) is 36.1 Å². The molecule has 0 amide bonds. The summed E-state index contributed by atoms with van der Waals surface area (Å²) < 4.78 is 55.1. The molecule has 0 aliphatic rings. The molecule has 1 N–H and O–H groups in total. The molecule has 1 atom stereocenters. The van der Waals surface area contributed by atoms with Crippen LogP contribution < -0.4 is 5.32 Å². The first-order valence-corrected chi connectivity index (χ1v) is 7.19. The van der Waals surface area contributed by atoms with Gasteiger partial charge in [0, 0.05) is 29.5 Å². The maximum Gasteiger partial charge on any atom is 0.165 e. The number of hydrogen-bond donors (Lipinski definition) is 1. The molecule has 124 valence electrons. The lowest BCUT2D eigenvalue weighted by Crippen LogP contribution is -2.44. The number of carbonyl (C=O) groups is 1. The highest BCUT2D eigenvalue weighted by Crippen LogP contribution is 2.25. The zero-order valence-electron chi connectivity index (χ0n) is 13.4. The van der Waals surface area contributed by atoms with Crippen LogP contribution in [0.2, 0.25) is 0 Å². The number of hydrogen-bond acceptors (Lipinski definition) is 2. The molecule has 0 heterocycles. The molecule has 0 aromatic heterocycles. The number of benzene rings is 1. The van der Waals surface area contributed by atoms with Crippen molar-refractivity contribution in [3.8, 4) is 0 Å². The minimum Gasteiger partial charge on any atom is -0.305 e. The summed E-state index contributed by atoms with van der Waals surface area (Å²) >= 11 is 0. The molecule has 0 aliphatic heterocycles. The summed E-state index contributed by atoms with van der Waals surface area (Å²) in [6.07, 6.45) is -0.443. The topological polar surface area (TPSA) is 29.1 Å². The first kappa shape index (κ1) is 18.6. The Kier molecular flexibility index (Phi) is 6.11.